The molecule has 1 N–H and O–H groups in total. The van der Waals surface area contributed by atoms with Crippen LogP contribution in [-0.2, 0) is 0 Å². The van der Waals surface area contributed by atoms with E-state index in [1.165, 1.54) is 11.1 Å². The molecule has 3 aromatic rings. The molecule has 1 aromatic carbocycles. The van der Waals surface area contributed by atoms with Crippen molar-refractivity contribution in [2.45, 2.75) is 13.0 Å². The van der Waals surface area contributed by atoms with Crippen LogP contribution < -0.4 is 5.32 Å². The summed E-state index contributed by atoms with van der Waals surface area (Å²) in [4.78, 5) is 8.59. The molecule has 0 aliphatic heterocycles. The zero-order valence-electron chi connectivity index (χ0n) is 11.5. The molecule has 0 spiro atoms. The molecule has 0 aliphatic carbocycles. The Bertz CT molecular complexity index is 695. The number of rotatable bonds is 4. The number of pyridine rings is 2. The van der Waals surface area contributed by atoms with Gasteiger partial charge in [0.25, 0.3) is 0 Å². The van der Waals surface area contributed by atoms with Crippen molar-refractivity contribution in [3.8, 4) is 0 Å². The Kier molecular flexibility index (Phi) is 3.70. The number of benzene rings is 1. The molecule has 0 amide bonds. The maximum atomic E-state index is 4.37. The van der Waals surface area contributed by atoms with Crippen LogP contribution in [0.3, 0.4) is 0 Å². The van der Waals surface area contributed by atoms with Gasteiger partial charge in [0.15, 0.2) is 0 Å². The molecule has 0 saturated heterocycles. The summed E-state index contributed by atoms with van der Waals surface area (Å²) in [6, 6.07) is 14.7. The van der Waals surface area contributed by atoms with Gasteiger partial charge >= 0.3 is 0 Å². The molecule has 3 rings (SSSR count). The van der Waals surface area contributed by atoms with Gasteiger partial charge in [-0.3, -0.25) is 9.97 Å². The first-order valence-corrected chi connectivity index (χ1v) is 6.86. The zero-order chi connectivity index (χ0) is 13.8. The van der Waals surface area contributed by atoms with Crippen molar-refractivity contribution in [2.75, 3.05) is 6.54 Å². The van der Waals surface area contributed by atoms with Crippen LogP contribution in [0, 0.1) is 0 Å². The first-order chi connectivity index (χ1) is 9.88. The van der Waals surface area contributed by atoms with Crippen LogP contribution in [0.1, 0.15) is 24.1 Å². The Morgan fingerprint density at radius 3 is 2.75 bits per heavy atom. The quantitative estimate of drug-likeness (QED) is 0.784. The number of nitrogens with one attached hydrogen (secondary N) is 1. The largest absolute Gasteiger partial charge is 0.306 e. The minimum absolute atomic E-state index is 0.165. The lowest BCUT2D eigenvalue weighted by atomic mass is 9.98. The van der Waals surface area contributed by atoms with Crippen molar-refractivity contribution in [1.82, 2.24) is 15.3 Å². The van der Waals surface area contributed by atoms with Gasteiger partial charge in [-0.05, 0) is 41.9 Å². The van der Waals surface area contributed by atoms with Crippen LogP contribution in [0.5, 0.6) is 0 Å². The molecule has 20 heavy (non-hydrogen) atoms. The summed E-state index contributed by atoms with van der Waals surface area (Å²) in [6.45, 7) is 3.02. The maximum Gasteiger partial charge on any atom is 0.0702 e. The van der Waals surface area contributed by atoms with Gasteiger partial charge < -0.3 is 5.32 Å². The van der Waals surface area contributed by atoms with Crippen LogP contribution >= 0.6 is 0 Å². The van der Waals surface area contributed by atoms with Crippen molar-refractivity contribution >= 4 is 10.9 Å². The van der Waals surface area contributed by atoms with E-state index in [-0.39, 0.29) is 6.04 Å². The van der Waals surface area contributed by atoms with E-state index in [1.54, 1.807) is 6.20 Å². The zero-order valence-corrected chi connectivity index (χ0v) is 11.5. The van der Waals surface area contributed by atoms with Gasteiger partial charge in [0.1, 0.15) is 0 Å². The molecule has 2 aromatic heterocycles. The molecule has 0 saturated carbocycles. The summed E-state index contributed by atoms with van der Waals surface area (Å²) in [5.74, 6) is 0. The molecule has 2 heterocycles. The molecular weight excluding hydrogens is 246 g/mol. The summed E-state index contributed by atoms with van der Waals surface area (Å²) in [6.07, 6.45) is 5.54. The van der Waals surface area contributed by atoms with E-state index >= 15 is 0 Å². The second-order valence-electron chi connectivity index (χ2n) is 4.73. The predicted molar refractivity (Wildman–Crippen MR) is 81.5 cm³/mol. The minimum atomic E-state index is 0.165. The lowest BCUT2D eigenvalue weighted by Gasteiger charge is -2.19. The molecule has 100 valence electrons. The van der Waals surface area contributed by atoms with Crippen LogP contribution in [-0.4, -0.2) is 16.5 Å². The lowest BCUT2D eigenvalue weighted by molar-refractivity contribution is 0.629. The third-order valence-corrected chi connectivity index (χ3v) is 3.39. The molecule has 1 unspecified atom stereocenters. The van der Waals surface area contributed by atoms with Crippen molar-refractivity contribution in [3.63, 3.8) is 0 Å². The molecule has 0 bridgehead atoms. The van der Waals surface area contributed by atoms with Crippen molar-refractivity contribution in [2.24, 2.45) is 0 Å². The SMILES string of the molecule is CCNC(c1cccnc1)c1ccc2ncccc2c1. The van der Waals surface area contributed by atoms with E-state index in [2.05, 4.69) is 52.5 Å². The number of hydrogen-bond acceptors (Lipinski definition) is 3. The van der Waals surface area contributed by atoms with E-state index in [1.807, 2.05) is 24.5 Å². The van der Waals surface area contributed by atoms with Crippen LogP contribution in [0.25, 0.3) is 10.9 Å². The molecule has 0 aliphatic rings. The molecule has 0 radical (unpaired) electrons. The van der Waals surface area contributed by atoms with Gasteiger partial charge in [-0.25, -0.2) is 0 Å². The summed E-state index contributed by atoms with van der Waals surface area (Å²) in [5.41, 5.74) is 3.44. The first kappa shape index (κ1) is 12.8. The first-order valence-electron chi connectivity index (χ1n) is 6.86. The Labute approximate surface area is 118 Å². The second kappa shape index (κ2) is 5.80. The van der Waals surface area contributed by atoms with E-state index in [9.17, 15) is 0 Å². The standard InChI is InChI=1S/C17H17N3/c1-2-19-17(15-6-3-9-18-12-15)14-7-8-16-13(11-14)5-4-10-20-16/h3-12,17,19H,2H2,1H3. The average molecular weight is 263 g/mol. The van der Waals surface area contributed by atoms with E-state index in [0.29, 0.717) is 0 Å². The fourth-order valence-corrected chi connectivity index (χ4v) is 2.45. The summed E-state index contributed by atoms with van der Waals surface area (Å²) in [5, 5.41) is 4.68. The molecule has 3 heteroatoms. The Morgan fingerprint density at radius 1 is 1.05 bits per heavy atom. The molecular formula is C17H17N3. The fourth-order valence-electron chi connectivity index (χ4n) is 2.45. The number of aromatic nitrogens is 2. The summed E-state index contributed by atoms with van der Waals surface area (Å²) < 4.78 is 0. The highest BCUT2D eigenvalue weighted by Gasteiger charge is 2.13. The lowest BCUT2D eigenvalue weighted by Crippen LogP contribution is -2.22. The van der Waals surface area contributed by atoms with Gasteiger partial charge in [0.2, 0.25) is 0 Å². The smallest absolute Gasteiger partial charge is 0.0702 e. The normalized spacial score (nSPS) is 12.4. The van der Waals surface area contributed by atoms with Crippen molar-refractivity contribution in [3.05, 3.63) is 72.2 Å². The average Bonchev–Trinajstić information content (AvgIpc) is 2.53. The van der Waals surface area contributed by atoms with Gasteiger partial charge in [0, 0.05) is 24.0 Å². The monoisotopic (exact) mass is 263 g/mol. The highest BCUT2D eigenvalue weighted by molar-refractivity contribution is 5.79. The van der Waals surface area contributed by atoms with Crippen molar-refractivity contribution < 1.29 is 0 Å². The highest BCUT2D eigenvalue weighted by atomic mass is 14.9. The minimum Gasteiger partial charge on any atom is -0.306 e. The Balaban J connectivity index is 2.05. The highest BCUT2D eigenvalue weighted by Crippen LogP contribution is 2.24. The molecule has 0 fully saturated rings. The summed E-state index contributed by atoms with van der Waals surface area (Å²) >= 11 is 0. The van der Waals surface area contributed by atoms with Gasteiger partial charge in [0.05, 0.1) is 11.6 Å². The third-order valence-electron chi connectivity index (χ3n) is 3.39. The molecule has 3 nitrogen and oxygen atoms in total. The maximum absolute atomic E-state index is 4.37. The summed E-state index contributed by atoms with van der Waals surface area (Å²) in [7, 11) is 0. The fraction of sp³-hybridized carbons (Fsp3) is 0.176. The second-order valence-corrected chi connectivity index (χ2v) is 4.73. The number of hydrogen-bond donors (Lipinski definition) is 1. The van der Waals surface area contributed by atoms with Crippen LogP contribution in [0.15, 0.2) is 61.1 Å². The molecule has 1 atom stereocenters. The third kappa shape index (κ3) is 2.53. The predicted octanol–water partition coefficient (Wildman–Crippen LogP) is 3.33. The van der Waals surface area contributed by atoms with E-state index in [0.717, 1.165) is 17.4 Å². The Hall–Kier alpha value is -2.26. The van der Waals surface area contributed by atoms with Gasteiger partial charge in [-0.15, -0.1) is 0 Å². The van der Waals surface area contributed by atoms with Crippen LogP contribution in [0.4, 0.5) is 0 Å². The number of fused-ring (bicyclic) bond motifs is 1. The van der Waals surface area contributed by atoms with E-state index < -0.39 is 0 Å². The number of nitrogens with zero attached hydrogens (tertiary/aromatic N) is 2. The topological polar surface area (TPSA) is 37.8 Å². The van der Waals surface area contributed by atoms with Gasteiger partial charge in [-0.2, -0.15) is 0 Å². The Morgan fingerprint density at radius 2 is 1.95 bits per heavy atom. The van der Waals surface area contributed by atoms with Crippen molar-refractivity contribution in [1.29, 1.82) is 0 Å². The van der Waals surface area contributed by atoms with Gasteiger partial charge in [-0.1, -0.05) is 25.1 Å². The van der Waals surface area contributed by atoms with Crippen LogP contribution in [0.2, 0.25) is 0 Å². The van der Waals surface area contributed by atoms with E-state index in [4.69, 9.17) is 0 Å².